The van der Waals surface area contributed by atoms with Gasteiger partial charge in [-0.15, -0.1) is 0 Å². The van der Waals surface area contributed by atoms with Crippen molar-refractivity contribution < 1.29 is 15.0 Å². The van der Waals surface area contributed by atoms with Crippen LogP contribution in [0.2, 0.25) is 0 Å². The van der Waals surface area contributed by atoms with Crippen molar-refractivity contribution in [1.82, 2.24) is 0 Å². The monoisotopic (exact) mass is 147 g/mol. The van der Waals surface area contributed by atoms with Crippen molar-refractivity contribution in [3.8, 4) is 0 Å². The van der Waals surface area contributed by atoms with Gasteiger partial charge in [0.05, 0.1) is 0 Å². The van der Waals surface area contributed by atoms with Gasteiger partial charge in [0.25, 0.3) is 0 Å². The van der Waals surface area contributed by atoms with Crippen LogP contribution >= 0.6 is 0 Å². The molecule has 0 bridgehead atoms. The summed E-state index contributed by atoms with van der Waals surface area (Å²) >= 11 is 0. The number of carboxylic acid groups (broad SMARTS) is 1. The van der Waals surface area contributed by atoms with E-state index in [-0.39, 0.29) is 12.5 Å². The van der Waals surface area contributed by atoms with Gasteiger partial charge in [0.1, 0.15) is 6.04 Å². The number of hydrogen-bond donors (Lipinski definition) is 3. The van der Waals surface area contributed by atoms with Crippen molar-refractivity contribution >= 4 is 5.97 Å². The topological polar surface area (TPSA) is 83.5 Å². The lowest BCUT2D eigenvalue weighted by molar-refractivity contribution is -0.139. The van der Waals surface area contributed by atoms with Crippen LogP contribution in [-0.2, 0) is 4.79 Å². The molecule has 0 amide bonds. The Morgan fingerprint density at radius 3 is 2.50 bits per heavy atom. The van der Waals surface area contributed by atoms with Crippen LogP contribution in [-0.4, -0.2) is 28.8 Å². The molecule has 4 N–H and O–H groups in total. The second kappa shape index (κ2) is 4.24. The van der Waals surface area contributed by atoms with Gasteiger partial charge in [0, 0.05) is 6.61 Å². The van der Waals surface area contributed by atoms with Crippen molar-refractivity contribution in [3.05, 3.63) is 0 Å². The van der Waals surface area contributed by atoms with Crippen molar-refractivity contribution in [2.75, 3.05) is 6.61 Å². The van der Waals surface area contributed by atoms with Crippen molar-refractivity contribution in [3.63, 3.8) is 0 Å². The minimum Gasteiger partial charge on any atom is -0.480 e. The van der Waals surface area contributed by atoms with E-state index in [1.807, 2.05) is 0 Å². The highest BCUT2D eigenvalue weighted by Crippen LogP contribution is 2.02. The molecule has 10 heavy (non-hydrogen) atoms. The minimum atomic E-state index is -1.01. The van der Waals surface area contributed by atoms with Crippen molar-refractivity contribution in [1.29, 1.82) is 0 Å². The van der Waals surface area contributed by atoms with Crippen LogP contribution in [0.3, 0.4) is 0 Å². The summed E-state index contributed by atoms with van der Waals surface area (Å²) < 4.78 is 0. The molecule has 2 atom stereocenters. The van der Waals surface area contributed by atoms with E-state index in [0.717, 1.165) is 0 Å². The maximum Gasteiger partial charge on any atom is 0.320 e. The summed E-state index contributed by atoms with van der Waals surface area (Å²) in [6.07, 6.45) is 0.325. The molecule has 0 fully saturated rings. The van der Waals surface area contributed by atoms with Crippen molar-refractivity contribution in [2.45, 2.75) is 19.4 Å². The number of rotatable bonds is 4. The van der Waals surface area contributed by atoms with Gasteiger partial charge < -0.3 is 15.9 Å². The van der Waals surface area contributed by atoms with E-state index in [1.54, 1.807) is 6.92 Å². The zero-order chi connectivity index (χ0) is 8.15. The molecule has 0 saturated heterocycles. The fourth-order valence-corrected chi connectivity index (χ4v) is 0.609. The number of nitrogens with two attached hydrogens (primary N) is 1. The summed E-state index contributed by atoms with van der Waals surface area (Å²) in [6.45, 7) is 1.74. The molecule has 0 saturated carbocycles. The first kappa shape index (κ1) is 9.39. The lowest BCUT2D eigenvalue weighted by Gasteiger charge is -2.10. The molecule has 0 aromatic rings. The van der Waals surface area contributed by atoms with Gasteiger partial charge in [-0.3, -0.25) is 4.79 Å². The van der Waals surface area contributed by atoms with Crippen LogP contribution in [0.4, 0.5) is 0 Å². The second-order valence-corrected chi connectivity index (χ2v) is 2.47. The first-order valence-corrected chi connectivity index (χ1v) is 3.17. The Morgan fingerprint density at radius 1 is 1.70 bits per heavy atom. The smallest absolute Gasteiger partial charge is 0.320 e. The highest BCUT2D eigenvalue weighted by atomic mass is 16.4. The lowest BCUT2D eigenvalue weighted by Crippen LogP contribution is -2.32. The fourth-order valence-electron chi connectivity index (χ4n) is 0.609. The third-order valence-corrected chi connectivity index (χ3v) is 1.29. The van der Waals surface area contributed by atoms with Crippen LogP contribution in [0.25, 0.3) is 0 Å². The van der Waals surface area contributed by atoms with Gasteiger partial charge in [0.2, 0.25) is 0 Å². The van der Waals surface area contributed by atoms with E-state index in [1.165, 1.54) is 0 Å². The van der Waals surface area contributed by atoms with Crippen LogP contribution in [0.5, 0.6) is 0 Å². The molecular formula is C6H13NO3. The molecule has 0 aliphatic rings. The van der Waals surface area contributed by atoms with Crippen LogP contribution in [0.15, 0.2) is 0 Å². The average molecular weight is 147 g/mol. The largest absolute Gasteiger partial charge is 0.480 e. The number of hydrogen-bond acceptors (Lipinski definition) is 3. The highest BCUT2D eigenvalue weighted by molar-refractivity contribution is 5.72. The van der Waals surface area contributed by atoms with E-state index in [9.17, 15) is 4.79 Å². The molecule has 0 aliphatic heterocycles. The summed E-state index contributed by atoms with van der Waals surface area (Å²) in [5.74, 6) is -1.05. The van der Waals surface area contributed by atoms with Crippen molar-refractivity contribution in [2.24, 2.45) is 11.7 Å². The van der Waals surface area contributed by atoms with Gasteiger partial charge >= 0.3 is 5.97 Å². The molecule has 0 aromatic heterocycles. The third kappa shape index (κ3) is 3.42. The normalized spacial score (nSPS) is 16.3. The summed E-state index contributed by atoms with van der Waals surface area (Å²) in [5.41, 5.74) is 5.18. The Balaban J connectivity index is 3.56. The molecule has 60 valence electrons. The number of carbonyl (C=O) groups is 1. The molecule has 0 spiro atoms. The van der Waals surface area contributed by atoms with Gasteiger partial charge in [-0.05, 0) is 12.3 Å². The molecule has 4 heteroatoms. The summed E-state index contributed by atoms with van der Waals surface area (Å²) in [6, 6.07) is -0.845. The van der Waals surface area contributed by atoms with Gasteiger partial charge in [-0.2, -0.15) is 0 Å². The van der Waals surface area contributed by atoms with E-state index >= 15 is 0 Å². The first-order chi connectivity index (χ1) is 4.57. The SMILES string of the molecule is CC(CO)C[C@@H](N)C(=O)O. The number of aliphatic hydroxyl groups is 1. The molecule has 0 heterocycles. The predicted octanol–water partition coefficient (Wildman–Crippen LogP) is -0.583. The molecule has 0 rings (SSSR count). The molecule has 0 aromatic carbocycles. The van der Waals surface area contributed by atoms with Gasteiger partial charge in [-0.1, -0.05) is 6.92 Å². The Labute approximate surface area is 59.7 Å². The average Bonchev–Trinajstić information content (AvgIpc) is 1.87. The number of aliphatic hydroxyl groups excluding tert-OH is 1. The van der Waals surface area contributed by atoms with Gasteiger partial charge in [0.15, 0.2) is 0 Å². The Kier molecular flexibility index (Phi) is 3.99. The zero-order valence-electron chi connectivity index (χ0n) is 5.95. The minimum absolute atomic E-state index is 0.0129. The lowest BCUT2D eigenvalue weighted by atomic mass is 10.0. The quantitative estimate of drug-likeness (QED) is 0.496. The molecule has 0 aliphatic carbocycles. The maximum absolute atomic E-state index is 10.1. The van der Waals surface area contributed by atoms with E-state index in [4.69, 9.17) is 15.9 Å². The van der Waals surface area contributed by atoms with Crippen LogP contribution < -0.4 is 5.73 Å². The summed E-state index contributed by atoms with van der Waals surface area (Å²) in [7, 11) is 0. The van der Waals surface area contributed by atoms with E-state index in [2.05, 4.69) is 0 Å². The Bertz CT molecular complexity index is 116. The summed E-state index contributed by atoms with van der Waals surface area (Å²) in [5, 5.41) is 16.8. The Morgan fingerprint density at radius 2 is 2.20 bits per heavy atom. The first-order valence-electron chi connectivity index (χ1n) is 3.17. The van der Waals surface area contributed by atoms with Gasteiger partial charge in [-0.25, -0.2) is 0 Å². The van der Waals surface area contributed by atoms with Crippen LogP contribution in [0, 0.1) is 5.92 Å². The number of carboxylic acids is 1. The van der Waals surface area contributed by atoms with E-state index < -0.39 is 12.0 Å². The Hall–Kier alpha value is -0.610. The third-order valence-electron chi connectivity index (χ3n) is 1.29. The summed E-state index contributed by atoms with van der Waals surface area (Å²) in [4.78, 5) is 10.1. The highest BCUT2D eigenvalue weighted by Gasteiger charge is 2.14. The molecular weight excluding hydrogens is 134 g/mol. The standard InChI is InChI=1S/C6H13NO3/c1-4(3-8)2-5(7)6(9)10/h4-5,8H,2-3,7H2,1H3,(H,9,10)/t4?,5-/m1/s1. The predicted molar refractivity (Wildman–Crippen MR) is 36.5 cm³/mol. The fraction of sp³-hybridized carbons (Fsp3) is 0.833. The molecule has 0 radical (unpaired) electrons. The molecule has 4 nitrogen and oxygen atoms in total. The van der Waals surface area contributed by atoms with E-state index in [0.29, 0.717) is 6.42 Å². The zero-order valence-corrected chi connectivity index (χ0v) is 5.95. The maximum atomic E-state index is 10.1. The number of aliphatic carboxylic acids is 1. The molecule has 1 unspecified atom stereocenters. The van der Waals surface area contributed by atoms with Crippen LogP contribution in [0.1, 0.15) is 13.3 Å². The second-order valence-electron chi connectivity index (χ2n) is 2.47.